The number of amides is 2. The van der Waals surface area contributed by atoms with Gasteiger partial charge in [-0.05, 0) is 81.7 Å². The summed E-state index contributed by atoms with van der Waals surface area (Å²) in [5, 5.41) is 2.73. The second-order valence-corrected chi connectivity index (χ2v) is 9.93. The van der Waals surface area contributed by atoms with Crippen LogP contribution in [0, 0.1) is 6.92 Å². The molecule has 6 nitrogen and oxygen atoms in total. The van der Waals surface area contributed by atoms with Crippen LogP contribution < -0.4 is 19.9 Å². The molecule has 0 atom stereocenters. The van der Waals surface area contributed by atoms with E-state index in [-0.39, 0.29) is 16.2 Å². The van der Waals surface area contributed by atoms with Crippen LogP contribution in [0.3, 0.4) is 0 Å². The fourth-order valence-electron chi connectivity index (χ4n) is 4.86. The quantitative estimate of drug-likeness (QED) is 0.353. The molecule has 1 fully saturated rings. The lowest BCUT2D eigenvalue weighted by Gasteiger charge is -2.43. The summed E-state index contributed by atoms with van der Waals surface area (Å²) in [7, 11) is 1.60. The van der Waals surface area contributed by atoms with Gasteiger partial charge in [0.2, 0.25) is 0 Å². The number of hydrogen-bond acceptors (Lipinski definition) is 5. The minimum Gasteiger partial charge on any atom is -0.496 e. The molecule has 4 rings (SSSR count). The molecule has 182 valence electrons. The van der Waals surface area contributed by atoms with E-state index < -0.39 is 11.8 Å². The van der Waals surface area contributed by atoms with Gasteiger partial charge in [0.15, 0.2) is 5.11 Å². The van der Waals surface area contributed by atoms with E-state index in [1.165, 1.54) is 4.90 Å². The van der Waals surface area contributed by atoms with Crippen LogP contribution in [-0.4, -0.2) is 36.1 Å². The second-order valence-electron chi connectivity index (χ2n) is 9.54. The van der Waals surface area contributed by atoms with Crippen LogP contribution >= 0.6 is 12.2 Å². The van der Waals surface area contributed by atoms with Crippen LogP contribution in [0.15, 0.2) is 48.0 Å². The molecule has 0 aliphatic carbocycles. The van der Waals surface area contributed by atoms with E-state index in [1.807, 2.05) is 37.3 Å². The van der Waals surface area contributed by atoms with Crippen molar-refractivity contribution >= 4 is 52.2 Å². The Morgan fingerprint density at radius 3 is 2.54 bits per heavy atom. The van der Waals surface area contributed by atoms with Crippen LogP contribution in [0.5, 0.6) is 5.75 Å². The first-order valence-electron chi connectivity index (χ1n) is 11.7. The molecule has 1 saturated heterocycles. The fraction of sp³-hybridized carbons (Fsp3) is 0.321. The fourth-order valence-corrected chi connectivity index (χ4v) is 5.14. The number of methoxy groups -OCH3 is 1. The zero-order valence-electron chi connectivity index (χ0n) is 21.1. The van der Waals surface area contributed by atoms with Gasteiger partial charge < -0.3 is 9.64 Å². The summed E-state index contributed by atoms with van der Waals surface area (Å²) in [5.41, 5.74) is 5.39. The Morgan fingerprint density at radius 2 is 1.89 bits per heavy atom. The number of benzene rings is 2. The summed E-state index contributed by atoms with van der Waals surface area (Å²) in [6.45, 7) is 11.5. The van der Waals surface area contributed by atoms with E-state index in [2.05, 4.69) is 44.0 Å². The molecule has 2 aromatic rings. The third-order valence-corrected chi connectivity index (χ3v) is 6.72. The van der Waals surface area contributed by atoms with Crippen molar-refractivity contribution in [1.82, 2.24) is 5.32 Å². The maximum atomic E-state index is 13.5. The Hall–Kier alpha value is -3.45. The molecule has 0 spiro atoms. The van der Waals surface area contributed by atoms with Gasteiger partial charge in [-0.3, -0.25) is 19.8 Å². The molecule has 2 aliphatic heterocycles. The molecule has 0 radical (unpaired) electrons. The van der Waals surface area contributed by atoms with Gasteiger partial charge in [0, 0.05) is 29.4 Å². The van der Waals surface area contributed by atoms with Gasteiger partial charge in [0.1, 0.15) is 11.3 Å². The lowest BCUT2D eigenvalue weighted by Crippen LogP contribution is -2.54. The average molecular weight is 490 g/mol. The van der Waals surface area contributed by atoms with Crippen molar-refractivity contribution in [1.29, 1.82) is 0 Å². The minimum atomic E-state index is -0.523. The molecule has 0 aromatic heterocycles. The molecule has 2 aromatic carbocycles. The Balaban J connectivity index is 1.83. The smallest absolute Gasteiger partial charge is 0.270 e. The molecular weight excluding hydrogens is 458 g/mol. The van der Waals surface area contributed by atoms with E-state index in [1.54, 1.807) is 19.3 Å². The first-order chi connectivity index (χ1) is 16.6. The van der Waals surface area contributed by atoms with Gasteiger partial charge in [0.05, 0.1) is 18.3 Å². The number of nitrogens with zero attached hydrogens (tertiary/aromatic N) is 2. The monoisotopic (exact) mass is 489 g/mol. The highest BCUT2D eigenvalue weighted by atomic mass is 32.1. The molecule has 7 heteroatoms. The number of carbonyl (C=O) groups is 2. The Morgan fingerprint density at radius 1 is 1.14 bits per heavy atom. The van der Waals surface area contributed by atoms with Gasteiger partial charge in [0.25, 0.3) is 11.8 Å². The number of fused-ring (bicyclic) bond motifs is 1. The summed E-state index contributed by atoms with van der Waals surface area (Å²) in [5.74, 6) is -0.395. The molecule has 1 N–H and O–H groups in total. The Bertz CT molecular complexity index is 1290. The Labute approximate surface area is 212 Å². The van der Waals surface area contributed by atoms with Gasteiger partial charge >= 0.3 is 0 Å². The van der Waals surface area contributed by atoms with Crippen molar-refractivity contribution in [2.75, 3.05) is 23.5 Å². The van der Waals surface area contributed by atoms with Gasteiger partial charge in [-0.25, -0.2) is 0 Å². The minimum absolute atomic E-state index is 0.00143. The molecule has 35 heavy (non-hydrogen) atoms. The van der Waals surface area contributed by atoms with E-state index in [9.17, 15) is 9.59 Å². The van der Waals surface area contributed by atoms with Crippen LogP contribution in [-0.2, 0) is 9.59 Å². The standard InChI is InChI=1S/C28H31N3O3S/c1-7-11-30-23-15-24(34-6)19(13-21(23)18(3)16-28(30,4)5)14-22-25(32)29-27(35)31(26(22)33)20-10-8-9-17(2)12-20/h8-10,12-16H,7,11H2,1-6H3,(H,29,32,35)/b22-14-. The van der Waals surface area contributed by atoms with Crippen LogP contribution in [0.4, 0.5) is 11.4 Å². The third kappa shape index (κ3) is 4.48. The number of anilines is 2. The second kappa shape index (κ2) is 9.30. The van der Waals surface area contributed by atoms with Gasteiger partial charge in [-0.15, -0.1) is 0 Å². The van der Waals surface area contributed by atoms with Crippen molar-refractivity contribution in [3.63, 3.8) is 0 Å². The number of thiocarbonyl (C=S) groups is 1. The predicted molar refractivity (Wildman–Crippen MR) is 146 cm³/mol. The molecule has 0 bridgehead atoms. The summed E-state index contributed by atoms with van der Waals surface area (Å²) in [6.07, 6.45) is 4.86. The van der Waals surface area contributed by atoms with E-state index >= 15 is 0 Å². The van der Waals surface area contributed by atoms with Crippen LogP contribution in [0.25, 0.3) is 11.6 Å². The van der Waals surface area contributed by atoms with E-state index in [0.717, 1.165) is 35.4 Å². The molecule has 2 heterocycles. The summed E-state index contributed by atoms with van der Waals surface area (Å²) in [6, 6.07) is 11.4. The van der Waals surface area contributed by atoms with Crippen molar-refractivity contribution in [3.05, 3.63) is 64.7 Å². The molecule has 0 saturated carbocycles. The van der Waals surface area contributed by atoms with E-state index in [4.69, 9.17) is 17.0 Å². The number of ether oxygens (including phenoxy) is 1. The largest absolute Gasteiger partial charge is 0.496 e. The summed E-state index contributed by atoms with van der Waals surface area (Å²) < 4.78 is 5.73. The third-order valence-electron chi connectivity index (χ3n) is 6.44. The maximum Gasteiger partial charge on any atom is 0.270 e. The maximum absolute atomic E-state index is 13.5. The lowest BCUT2D eigenvalue weighted by molar-refractivity contribution is -0.122. The first kappa shape index (κ1) is 24.7. The molecule has 2 aliphatic rings. The van der Waals surface area contributed by atoms with Crippen LogP contribution in [0.1, 0.15) is 50.8 Å². The highest BCUT2D eigenvalue weighted by Gasteiger charge is 2.36. The number of allylic oxidation sites excluding steroid dienone is 1. The van der Waals surface area contributed by atoms with Crippen molar-refractivity contribution < 1.29 is 14.3 Å². The SMILES string of the molecule is CCCN1c2cc(OC)c(/C=C3/C(=O)NC(=S)N(c4cccc(C)c4)C3=O)cc2C(C)=CC1(C)C. The number of hydrogen-bond donors (Lipinski definition) is 1. The summed E-state index contributed by atoms with van der Waals surface area (Å²) in [4.78, 5) is 30.1. The Kier molecular flexibility index (Phi) is 6.56. The molecule has 2 amide bonds. The van der Waals surface area contributed by atoms with Gasteiger partial charge in [-0.1, -0.05) is 25.1 Å². The summed E-state index contributed by atoms with van der Waals surface area (Å²) >= 11 is 5.34. The zero-order chi connectivity index (χ0) is 25.5. The highest BCUT2D eigenvalue weighted by molar-refractivity contribution is 7.80. The number of nitrogens with one attached hydrogen (secondary N) is 1. The van der Waals surface area contributed by atoms with Crippen molar-refractivity contribution in [2.24, 2.45) is 0 Å². The topological polar surface area (TPSA) is 61.9 Å². The lowest BCUT2D eigenvalue weighted by atomic mass is 9.87. The van der Waals surface area contributed by atoms with Crippen molar-refractivity contribution in [2.45, 2.75) is 46.6 Å². The highest BCUT2D eigenvalue weighted by Crippen LogP contribution is 2.43. The van der Waals surface area contributed by atoms with E-state index in [0.29, 0.717) is 17.0 Å². The number of aryl methyl sites for hydroxylation is 1. The average Bonchev–Trinajstić information content (AvgIpc) is 2.78. The van der Waals surface area contributed by atoms with Crippen molar-refractivity contribution in [3.8, 4) is 5.75 Å². The molecule has 0 unspecified atom stereocenters. The normalized spacial score (nSPS) is 18.4. The van der Waals surface area contributed by atoms with Gasteiger partial charge in [-0.2, -0.15) is 0 Å². The number of carbonyl (C=O) groups excluding carboxylic acids is 2. The zero-order valence-corrected chi connectivity index (χ0v) is 21.9. The first-order valence-corrected chi connectivity index (χ1v) is 12.2. The molecular formula is C28H31N3O3S. The van der Waals surface area contributed by atoms with Crippen LogP contribution in [0.2, 0.25) is 0 Å². The number of rotatable bonds is 5. The predicted octanol–water partition coefficient (Wildman–Crippen LogP) is 5.25.